The van der Waals surface area contributed by atoms with Gasteiger partial charge in [-0.05, 0) is 48.5 Å². The highest BCUT2D eigenvalue weighted by molar-refractivity contribution is 7.89. The first-order chi connectivity index (χ1) is 14.3. The van der Waals surface area contributed by atoms with Crippen molar-refractivity contribution in [1.29, 1.82) is 0 Å². The minimum absolute atomic E-state index is 0.0257. The molecular weight excluding hydrogens is 457 g/mol. The molecule has 0 aliphatic heterocycles. The summed E-state index contributed by atoms with van der Waals surface area (Å²) in [5.74, 6) is -0.247. The Morgan fingerprint density at radius 1 is 1.13 bits per heavy atom. The van der Waals surface area contributed by atoms with Gasteiger partial charge in [-0.15, -0.1) is 0 Å². The number of nitrogens with zero attached hydrogens (tertiary/aromatic N) is 3. The number of amides is 1. The van der Waals surface area contributed by atoms with E-state index < -0.39 is 21.9 Å². The molecule has 164 valence electrons. The second kappa shape index (κ2) is 7.98. The summed E-state index contributed by atoms with van der Waals surface area (Å²) in [6, 6.07) is 10.2. The number of benzene rings is 2. The predicted octanol–water partition coefficient (Wildman–Crippen LogP) is 3.84. The van der Waals surface area contributed by atoms with Crippen molar-refractivity contribution in [3.8, 4) is 16.9 Å². The molecule has 3 rings (SSSR count). The summed E-state index contributed by atoms with van der Waals surface area (Å²) < 4.78 is 63.9. The smallest absolute Gasteiger partial charge is 0.316 e. The third-order valence-electron chi connectivity index (χ3n) is 4.50. The Hall–Kier alpha value is -2.89. The summed E-state index contributed by atoms with van der Waals surface area (Å²) >= 11 is 6.32. The Kier molecular flexibility index (Phi) is 5.87. The van der Waals surface area contributed by atoms with Gasteiger partial charge in [0.05, 0.1) is 21.3 Å². The van der Waals surface area contributed by atoms with Crippen molar-refractivity contribution in [3.63, 3.8) is 0 Å². The number of primary sulfonamides is 1. The molecule has 0 fully saturated rings. The SMILES string of the molecule is CC(=O)N(C)c1ccc(-c2cc(C(F)(F)F)nn2-c2ccc(S(N)(=O)=O)cc2)c(Cl)c1. The second-order valence-corrected chi connectivity index (χ2v) is 8.57. The van der Waals surface area contributed by atoms with E-state index in [1.165, 1.54) is 49.2 Å². The van der Waals surface area contributed by atoms with Gasteiger partial charge in [-0.3, -0.25) is 4.79 Å². The molecule has 7 nitrogen and oxygen atoms in total. The molecule has 2 aromatic carbocycles. The van der Waals surface area contributed by atoms with Crippen LogP contribution in [0.2, 0.25) is 5.02 Å². The highest BCUT2D eigenvalue weighted by atomic mass is 35.5. The number of alkyl halides is 3. The van der Waals surface area contributed by atoms with Crippen molar-refractivity contribution in [3.05, 3.63) is 59.2 Å². The second-order valence-electron chi connectivity index (χ2n) is 6.61. The standard InChI is InChI=1S/C19H16ClF3N4O3S/c1-11(28)26(2)13-5-8-15(16(20)9-13)17-10-18(19(21,22)23)25-27(17)12-3-6-14(7-4-12)31(24,29)30/h3-10H,1-2H3,(H2,24,29,30). The molecule has 0 spiro atoms. The molecular formula is C19H16ClF3N4O3S. The molecule has 1 amide bonds. The van der Waals surface area contributed by atoms with Gasteiger partial charge in [0, 0.05) is 25.2 Å². The molecule has 0 saturated carbocycles. The fraction of sp³-hybridized carbons (Fsp3) is 0.158. The predicted molar refractivity (Wildman–Crippen MR) is 109 cm³/mol. The van der Waals surface area contributed by atoms with E-state index in [1.807, 2.05) is 0 Å². The van der Waals surface area contributed by atoms with Gasteiger partial charge in [0.25, 0.3) is 0 Å². The first kappa shape index (κ1) is 22.8. The van der Waals surface area contributed by atoms with E-state index in [0.717, 1.165) is 22.9 Å². The third-order valence-corrected chi connectivity index (χ3v) is 5.74. The van der Waals surface area contributed by atoms with E-state index in [2.05, 4.69) is 5.10 Å². The Balaban J connectivity index is 2.17. The van der Waals surface area contributed by atoms with Crippen LogP contribution >= 0.6 is 11.6 Å². The molecule has 1 heterocycles. The van der Waals surface area contributed by atoms with Gasteiger partial charge < -0.3 is 4.90 Å². The number of hydrogen-bond acceptors (Lipinski definition) is 4. The van der Waals surface area contributed by atoms with Crippen LogP contribution in [0.5, 0.6) is 0 Å². The number of hydrogen-bond donors (Lipinski definition) is 1. The van der Waals surface area contributed by atoms with Gasteiger partial charge in [-0.2, -0.15) is 18.3 Å². The van der Waals surface area contributed by atoms with Gasteiger partial charge in [-0.25, -0.2) is 18.2 Å². The molecule has 12 heteroatoms. The van der Waals surface area contributed by atoms with E-state index in [9.17, 15) is 26.4 Å². The first-order valence-corrected chi connectivity index (χ1v) is 10.6. The van der Waals surface area contributed by atoms with E-state index in [4.69, 9.17) is 16.7 Å². The minimum atomic E-state index is -4.72. The van der Waals surface area contributed by atoms with E-state index in [0.29, 0.717) is 5.69 Å². The lowest BCUT2D eigenvalue weighted by Crippen LogP contribution is -2.22. The maximum atomic E-state index is 13.3. The number of anilines is 1. The largest absolute Gasteiger partial charge is 0.435 e. The molecule has 1 aromatic heterocycles. The van der Waals surface area contributed by atoms with Crippen LogP contribution in [-0.2, 0) is 21.0 Å². The van der Waals surface area contributed by atoms with Gasteiger partial charge in [0.2, 0.25) is 15.9 Å². The van der Waals surface area contributed by atoms with Crippen LogP contribution in [0.25, 0.3) is 16.9 Å². The molecule has 31 heavy (non-hydrogen) atoms. The molecule has 2 N–H and O–H groups in total. The van der Waals surface area contributed by atoms with Crippen LogP contribution in [0.1, 0.15) is 12.6 Å². The number of halogens is 4. The number of sulfonamides is 1. The fourth-order valence-electron chi connectivity index (χ4n) is 2.79. The molecule has 0 radical (unpaired) electrons. The van der Waals surface area contributed by atoms with Gasteiger partial charge in [0.1, 0.15) is 0 Å². The number of nitrogens with two attached hydrogens (primary N) is 1. The zero-order chi connectivity index (χ0) is 23.1. The van der Waals surface area contributed by atoms with Crippen molar-refractivity contribution in [1.82, 2.24) is 9.78 Å². The van der Waals surface area contributed by atoms with Crippen LogP contribution in [0.3, 0.4) is 0 Å². The zero-order valence-corrected chi connectivity index (χ0v) is 17.8. The third kappa shape index (κ3) is 4.73. The van der Waals surface area contributed by atoms with Crippen LogP contribution in [-0.4, -0.2) is 31.2 Å². The van der Waals surface area contributed by atoms with E-state index >= 15 is 0 Å². The minimum Gasteiger partial charge on any atom is -0.316 e. The van der Waals surface area contributed by atoms with Gasteiger partial charge >= 0.3 is 6.18 Å². The summed E-state index contributed by atoms with van der Waals surface area (Å²) in [4.78, 5) is 12.7. The quantitative estimate of drug-likeness (QED) is 0.623. The highest BCUT2D eigenvalue weighted by Crippen LogP contribution is 2.37. The Morgan fingerprint density at radius 2 is 1.74 bits per heavy atom. The zero-order valence-electron chi connectivity index (χ0n) is 16.2. The Labute approximate surface area is 180 Å². The van der Waals surface area contributed by atoms with E-state index in [1.54, 1.807) is 0 Å². The molecule has 0 saturated heterocycles. The fourth-order valence-corrected chi connectivity index (χ4v) is 3.57. The lowest BCUT2D eigenvalue weighted by Gasteiger charge is -2.16. The molecule has 0 atom stereocenters. The molecule has 0 aliphatic carbocycles. The van der Waals surface area contributed by atoms with Crippen molar-refractivity contribution >= 4 is 33.2 Å². The molecule has 0 unspecified atom stereocenters. The lowest BCUT2D eigenvalue weighted by molar-refractivity contribution is -0.141. The van der Waals surface area contributed by atoms with Crippen LogP contribution in [0.4, 0.5) is 18.9 Å². The average molecular weight is 473 g/mol. The van der Waals surface area contributed by atoms with Crippen molar-refractivity contribution in [2.45, 2.75) is 18.0 Å². The lowest BCUT2D eigenvalue weighted by atomic mass is 10.1. The summed E-state index contributed by atoms with van der Waals surface area (Å²) in [6.45, 7) is 1.36. The molecule has 0 bridgehead atoms. The first-order valence-electron chi connectivity index (χ1n) is 8.64. The van der Waals surface area contributed by atoms with Crippen LogP contribution in [0.15, 0.2) is 53.4 Å². The van der Waals surface area contributed by atoms with Gasteiger partial charge in [-0.1, -0.05) is 11.6 Å². The topological polar surface area (TPSA) is 98.3 Å². The maximum Gasteiger partial charge on any atom is 0.435 e. The van der Waals surface area contributed by atoms with Crippen LogP contribution < -0.4 is 10.0 Å². The van der Waals surface area contributed by atoms with E-state index in [-0.39, 0.29) is 32.8 Å². The summed E-state index contributed by atoms with van der Waals surface area (Å²) in [6.07, 6.45) is -4.72. The maximum absolute atomic E-state index is 13.3. The normalized spacial score (nSPS) is 12.1. The summed E-state index contributed by atoms with van der Waals surface area (Å²) in [5, 5.41) is 8.80. The Morgan fingerprint density at radius 3 is 2.23 bits per heavy atom. The van der Waals surface area contributed by atoms with Crippen molar-refractivity contribution < 1.29 is 26.4 Å². The van der Waals surface area contributed by atoms with Crippen molar-refractivity contribution in [2.75, 3.05) is 11.9 Å². The number of carbonyl (C=O) groups excluding carboxylic acids is 1. The number of aromatic nitrogens is 2. The van der Waals surface area contributed by atoms with Crippen molar-refractivity contribution in [2.24, 2.45) is 5.14 Å². The summed E-state index contributed by atoms with van der Waals surface area (Å²) in [5.41, 5.74) is -0.266. The average Bonchev–Trinajstić information content (AvgIpc) is 3.12. The van der Waals surface area contributed by atoms with Crippen LogP contribution in [0, 0.1) is 0 Å². The van der Waals surface area contributed by atoms with Gasteiger partial charge in [0.15, 0.2) is 5.69 Å². The summed E-state index contributed by atoms with van der Waals surface area (Å²) in [7, 11) is -2.44. The highest BCUT2D eigenvalue weighted by Gasteiger charge is 2.35. The number of carbonyl (C=O) groups is 1. The number of rotatable bonds is 4. The Bertz CT molecular complexity index is 1260. The monoisotopic (exact) mass is 472 g/mol. The molecule has 3 aromatic rings. The molecule has 0 aliphatic rings.